The molecule has 0 aliphatic carbocycles. The fourth-order valence-electron chi connectivity index (χ4n) is 3.87. The lowest BCUT2D eigenvalue weighted by atomic mass is 9.99. The van der Waals surface area contributed by atoms with Crippen molar-refractivity contribution in [1.29, 1.82) is 0 Å². The van der Waals surface area contributed by atoms with Gasteiger partial charge in [0.25, 0.3) is 0 Å². The van der Waals surface area contributed by atoms with E-state index in [-0.39, 0.29) is 0 Å². The molecule has 2 saturated heterocycles. The molecule has 1 aromatic rings. The minimum absolute atomic E-state index is 0.770. The van der Waals surface area contributed by atoms with Gasteiger partial charge in [-0.3, -0.25) is 4.90 Å². The molecular formula is C18H28N2. The fraction of sp³-hybridized carbons (Fsp3) is 0.667. The second-order valence-electron chi connectivity index (χ2n) is 6.39. The van der Waals surface area contributed by atoms with Crippen LogP contribution in [0.4, 0.5) is 0 Å². The second-order valence-corrected chi connectivity index (χ2v) is 6.39. The summed E-state index contributed by atoms with van der Waals surface area (Å²) >= 11 is 0. The molecule has 0 saturated carbocycles. The van der Waals surface area contributed by atoms with E-state index < -0.39 is 0 Å². The third-order valence-corrected chi connectivity index (χ3v) is 5.00. The Morgan fingerprint density at radius 1 is 1.00 bits per heavy atom. The molecule has 2 aliphatic rings. The zero-order valence-electron chi connectivity index (χ0n) is 12.6. The average molecular weight is 272 g/mol. The molecule has 2 unspecified atom stereocenters. The van der Waals surface area contributed by atoms with Gasteiger partial charge in [0.15, 0.2) is 0 Å². The van der Waals surface area contributed by atoms with Gasteiger partial charge in [0.1, 0.15) is 0 Å². The molecule has 0 amide bonds. The van der Waals surface area contributed by atoms with Crippen LogP contribution in [0.3, 0.4) is 0 Å². The molecule has 0 aromatic heterocycles. The summed E-state index contributed by atoms with van der Waals surface area (Å²) in [5, 5.41) is 3.83. The van der Waals surface area contributed by atoms with Crippen LogP contribution in [0, 0.1) is 0 Å². The highest BCUT2D eigenvalue weighted by Crippen LogP contribution is 2.27. The molecule has 2 heterocycles. The minimum atomic E-state index is 0.770. The van der Waals surface area contributed by atoms with E-state index in [1.165, 1.54) is 70.1 Å². The first-order valence-electron chi connectivity index (χ1n) is 8.45. The number of piperidine rings is 1. The highest BCUT2D eigenvalue weighted by Gasteiger charge is 2.34. The highest BCUT2D eigenvalue weighted by atomic mass is 15.2. The van der Waals surface area contributed by atoms with Crippen molar-refractivity contribution in [1.82, 2.24) is 10.2 Å². The molecule has 2 heteroatoms. The van der Waals surface area contributed by atoms with Crippen LogP contribution in [-0.2, 0) is 6.42 Å². The lowest BCUT2D eigenvalue weighted by Crippen LogP contribution is -2.45. The predicted octanol–water partition coefficient (Wildman–Crippen LogP) is 3.23. The predicted molar refractivity (Wildman–Crippen MR) is 85.0 cm³/mol. The van der Waals surface area contributed by atoms with Gasteiger partial charge in [0, 0.05) is 18.6 Å². The molecule has 2 fully saturated rings. The Balaban J connectivity index is 1.32. The van der Waals surface area contributed by atoms with Crippen LogP contribution in [0.5, 0.6) is 0 Å². The molecule has 2 atom stereocenters. The Bertz CT molecular complexity index is 390. The van der Waals surface area contributed by atoms with E-state index in [1.807, 2.05) is 0 Å². The van der Waals surface area contributed by atoms with Crippen molar-refractivity contribution in [3.63, 3.8) is 0 Å². The van der Waals surface area contributed by atoms with E-state index in [4.69, 9.17) is 0 Å². The van der Waals surface area contributed by atoms with Gasteiger partial charge in [-0.05, 0) is 57.2 Å². The first kappa shape index (κ1) is 14.1. The summed E-state index contributed by atoms with van der Waals surface area (Å²) < 4.78 is 0. The topological polar surface area (TPSA) is 15.3 Å². The van der Waals surface area contributed by atoms with Crippen molar-refractivity contribution in [3.8, 4) is 0 Å². The molecule has 0 spiro atoms. The Morgan fingerprint density at radius 3 is 2.80 bits per heavy atom. The smallest absolute Gasteiger partial charge is 0.0249 e. The van der Waals surface area contributed by atoms with Crippen LogP contribution in [0.15, 0.2) is 30.3 Å². The Hall–Kier alpha value is -0.860. The van der Waals surface area contributed by atoms with Gasteiger partial charge in [-0.25, -0.2) is 0 Å². The van der Waals surface area contributed by atoms with Gasteiger partial charge in [-0.1, -0.05) is 36.8 Å². The van der Waals surface area contributed by atoms with E-state index in [9.17, 15) is 0 Å². The maximum atomic E-state index is 3.83. The molecule has 2 aliphatic heterocycles. The standard InChI is InChI=1S/C18H28N2/c1-2-8-16(9-3-1)10-4-6-13-19-17-12-15-20-14-7-5-11-18(17)20/h1-3,8-9,17-19H,4-7,10-15H2. The molecule has 0 bridgehead atoms. The maximum Gasteiger partial charge on any atom is 0.0249 e. The quantitative estimate of drug-likeness (QED) is 0.800. The molecular weight excluding hydrogens is 244 g/mol. The number of benzene rings is 1. The van der Waals surface area contributed by atoms with Crippen molar-refractivity contribution in [2.75, 3.05) is 19.6 Å². The van der Waals surface area contributed by atoms with Crippen LogP contribution < -0.4 is 5.32 Å². The Morgan fingerprint density at radius 2 is 1.90 bits per heavy atom. The molecule has 20 heavy (non-hydrogen) atoms. The number of unbranched alkanes of at least 4 members (excludes halogenated alkanes) is 1. The number of nitrogens with one attached hydrogen (secondary N) is 1. The van der Waals surface area contributed by atoms with Crippen molar-refractivity contribution in [2.24, 2.45) is 0 Å². The van der Waals surface area contributed by atoms with Crippen molar-refractivity contribution < 1.29 is 0 Å². The van der Waals surface area contributed by atoms with E-state index >= 15 is 0 Å². The van der Waals surface area contributed by atoms with Gasteiger partial charge >= 0.3 is 0 Å². The van der Waals surface area contributed by atoms with Crippen LogP contribution in [0.25, 0.3) is 0 Å². The number of hydrogen-bond acceptors (Lipinski definition) is 2. The van der Waals surface area contributed by atoms with Crippen LogP contribution in [-0.4, -0.2) is 36.6 Å². The third kappa shape index (κ3) is 3.62. The van der Waals surface area contributed by atoms with Gasteiger partial charge < -0.3 is 5.32 Å². The van der Waals surface area contributed by atoms with Crippen molar-refractivity contribution in [2.45, 2.75) is 57.0 Å². The number of rotatable bonds is 6. The van der Waals surface area contributed by atoms with Crippen LogP contribution >= 0.6 is 0 Å². The van der Waals surface area contributed by atoms with Crippen LogP contribution in [0.1, 0.15) is 44.1 Å². The number of hydrogen-bond donors (Lipinski definition) is 1. The van der Waals surface area contributed by atoms with Crippen molar-refractivity contribution >= 4 is 0 Å². The molecule has 2 nitrogen and oxygen atoms in total. The zero-order chi connectivity index (χ0) is 13.6. The summed E-state index contributed by atoms with van der Waals surface area (Å²) in [4.78, 5) is 2.71. The Kier molecular flexibility index (Phi) is 5.10. The fourth-order valence-corrected chi connectivity index (χ4v) is 3.87. The van der Waals surface area contributed by atoms with Crippen LogP contribution in [0.2, 0.25) is 0 Å². The largest absolute Gasteiger partial charge is 0.312 e. The highest BCUT2D eigenvalue weighted by molar-refractivity contribution is 5.14. The molecule has 1 N–H and O–H groups in total. The first-order chi connectivity index (χ1) is 9.93. The van der Waals surface area contributed by atoms with E-state index in [1.54, 1.807) is 0 Å². The van der Waals surface area contributed by atoms with Crippen molar-refractivity contribution in [3.05, 3.63) is 35.9 Å². The molecule has 3 rings (SSSR count). The minimum Gasteiger partial charge on any atom is -0.312 e. The second kappa shape index (κ2) is 7.24. The normalized spacial score (nSPS) is 26.6. The number of fused-ring (bicyclic) bond motifs is 1. The summed E-state index contributed by atoms with van der Waals surface area (Å²) in [5.74, 6) is 0. The summed E-state index contributed by atoms with van der Waals surface area (Å²) in [5.41, 5.74) is 1.48. The number of nitrogens with zero attached hydrogens (tertiary/aromatic N) is 1. The monoisotopic (exact) mass is 272 g/mol. The van der Waals surface area contributed by atoms with Gasteiger partial charge in [0.2, 0.25) is 0 Å². The van der Waals surface area contributed by atoms with Gasteiger partial charge in [-0.15, -0.1) is 0 Å². The SMILES string of the molecule is c1ccc(CCCCNC2CCN3CCCCC23)cc1. The zero-order valence-corrected chi connectivity index (χ0v) is 12.6. The lowest BCUT2D eigenvalue weighted by molar-refractivity contribution is 0.180. The molecule has 0 radical (unpaired) electrons. The summed E-state index contributed by atoms with van der Waals surface area (Å²) in [7, 11) is 0. The molecule has 110 valence electrons. The van der Waals surface area contributed by atoms with Gasteiger partial charge in [0.05, 0.1) is 0 Å². The summed E-state index contributed by atoms with van der Waals surface area (Å²) in [6.07, 6.45) is 9.47. The summed E-state index contributed by atoms with van der Waals surface area (Å²) in [6.45, 7) is 3.87. The summed E-state index contributed by atoms with van der Waals surface area (Å²) in [6, 6.07) is 12.5. The van der Waals surface area contributed by atoms with E-state index in [2.05, 4.69) is 40.5 Å². The maximum absolute atomic E-state index is 3.83. The lowest BCUT2D eigenvalue weighted by Gasteiger charge is -2.32. The Labute approximate surface area is 123 Å². The van der Waals surface area contributed by atoms with E-state index in [0.717, 1.165) is 12.1 Å². The molecule has 1 aromatic carbocycles. The third-order valence-electron chi connectivity index (χ3n) is 5.00. The average Bonchev–Trinajstić information content (AvgIpc) is 2.91. The van der Waals surface area contributed by atoms with Gasteiger partial charge in [-0.2, -0.15) is 0 Å². The van der Waals surface area contributed by atoms with E-state index in [0.29, 0.717) is 0 Å². The first-order valence-corrected chi connectivity index (χ1v) is 8.45. The number of aryl methyl sites for hydroxylation is 1.